The monoisotopic (exact) mass is 329 g/mol. The molecule has 3 rings (SSSR count). The van der Waals surface area contributed by atoms with Gasteiger partial charge in [-0.05, 0) is 71.7 Å². The molecule has 1 nitrogen and oxygen atoms in total. The van der Waals surface area contributed by atoms with Crippen molar-refractivity contribution in [2.24, 2.45) is 5.41 Å². The fourth-order valence-electron chi connectivity index (χ4n) is 3.31. The first kappa shape index (κ1) is 17.4. The summed E-state index contributed by atoms with van der Waals surface area (Å²) in [6, 6.07) is 19.6. The highest BCUT2D eigenvalue weighted by atomic mass is 14.7. The summed E-state index contributed by atoms with van der Waals surface area (Å²) < 4.78 is 0. The normalized spacial score (nSPS) is 11.6. The number of hydrogen-bond acceptors (Lipinski definition) is 1. The van der Waals surface area contributed by atoms with Crippen molar-refractivity contribution in [3.63, 3.8) is 0 Å². The summed E-state index contributed by atoms with van der Waals surface area (Å²) in [6.07, 6.45) is 3.00. The van der Waals surface area contributed by atoms with Gasteiger partial charge in [-0.2, -0.15) is 0 Å². The molecule has 1 aromatic heterocycles. The Kier molecular flexibility index (Phi) is 4.76. The van der Waals surface area contributed by atoms with Gasteiger partial charge < -0.3 is 0 Å². The van der Waals surface area contributed by atoms with Crippen LogP contribution in [0.1, 0.15) is 37.5 Å². The fraction of sp³-hybridized carbons (Fsp3) is 0.292. The highest BCUT2D eigenvalue weighted by molar-refractivity contribution is 5.75. The Balaban J connectivity index is 2.05. The van der Waals surface area contributed by atoms with E-state index in [9.17, 15) is 0 Å². The Morgan fingerprint density at radius 2 is 1.52 bits per heavy atom. The van der Waals surface area contributed by atoms with Crippen LogP contribution in [0, 0.1) is 19.3 Å². The van der Waals surface area contributed by atoms with Crippen molar-refractivity contribution in [1.82, 2.24) is 4.98 Å². The molecule has 0 atom stereocenters. The Hall–Kier alpha value is -2.41. The summed E-state index contributed by atoms with van der Waals surface area (Å²) in [4.78, 5) is 4.66. The van der Waals surface area contributed by atoms with Crippen LogP contribution in [0.25, 0.3) is 22.4 Å². The van der Waals surface area contributed by atoms with Gasteiger partial charge in [-0.1, -0.05) is 57.2 Å². The van der Waals surface area contributed by atoms with Crippen LogP contribution in [-0.4, -0.2) is 4.98 Å². The average molecular weight is 329 g/mol. The number of nitrogens with zero attached hydrogens (tertiary/aromatic N) is 1. The lowest BCUT2D eigenvalue weighted by molar-refractivity contribution is 0.411. The molecule has 0 amide bonds. The van der Waals surface area contributed by atoms with Crippen LogP contribution >= 0.6 is 0 Å². The van der Waals surface area contributed by atoms with E-state index in [2.05, 4.69) is 94.2 Å². The van der Waals surface area contributed by atoms with Crippen molar-refractivity contribution in [2.45, 2.75) is 41.0 Å². The quantitative estimate of drug-likeness (QED) is 0.526. The van der Waals surface area contributed by atoms with E-state index in [4.69, 9.17) is 0 Å². The smallest absolute Gasteiger partial charge is 0.0707 e. The van der Waals surface area contributed by atoms with E-state index in [1.54, 1.807) is 0 Å². The van der Waals surface area contributed by atoms with Crippen LogP contribution in [0.15, 0.2) is 60.8 Å². The summed E-state index contributed by atoms with van der Waals surface area (Å²) in [5.41, 5.74) is 9.00. The van der Waals surface area contributed by atoms with E-state index in [-0.39, 0.29) is 5.41 Å². The molecule has 0 N–H and O–H groups in total. The average Bonchev–Trinajstić information content (AvgIpc) is 2.55. The highest BCUT2D eigenvalue weighted by Crippen LogP contribution is 2.31. The number of rotatable bonds is 3. The second-order valence-electron chi connectivity index (χ2n) is 8.13. The molecule has 0 radical (unpaired) electrons. The van der Waals surface area contributed by atoms with Crippen molar-refractivity contribution >= 4 is 0 Å². The van der Waals surface area contributed by atoms with Gasteiger partial charge in [0.2, 0.25) is 0 Å². The van der Waals surface area contributed by atoms with Crippen LogP contribution in [0.4, 0.5) is 0 Å². The minimum Gasteiger partial charge on any atom is -0.256 e. The zero-order chi connectivity index (χ0) is 18.0. The van der Waals surface area contributed by atoms with Gasteiger partial charge in [-0.3, -0.25) is 4.98 Å². The van der Waals surface area contributed by atoms with Gasteiger partial charge in [0, 0.05) is 11.8 Å². The third kappa shape index (κ3) is 4.17. The Labute approximate surface area is 151 Å². The Morgan fingerprint density at radius 1 is 0.800 bits per heavy atom. The van der Waals surface area contributed by atoms with Crippen molar-refractivity contribution in [3.05, 3.63) is 77.5 Å². The van der Waals surface area contributed by atoms with E-state index in [1.807, 2.05) is 6.20 Å². The van der Waals surface area contributed by atoms with Gasteiger partial charge in [-0.15, -0.1) is 0 Å². The molecular formula is C24H27N. The number of pyridine rings is 1. The maximum atomic E-state index is 4.66. The molecule has 0 fully saturated rings. The number of aryl methyl sites for hydroxylation is 2. The topological polar surface area (TPSA) is 12.9 Å². The molecule has 0 spiro atoms. The van der Waals surface area contributed by atoms with E-state index in [0.29, 0.717) is 0 Å². The number of benzene rings is 2. The molecule has 1 heteroatoms. The predicted octanol–water partition coefficient (Wildman–Crippen LogP) is 6.62. The van der Waals surface area contributed by atoms with Crippen LogP contribution in [0.3, 0.4) is 0 Å². The molecule has 0 aliphatic rings. The zero-order valence-electron chi connectivity index (χ0n) is 15.9. The molecule has 1 heterocycles. The molecule has 3 aromatic rings. The van der Waals surface area contributed by atoms with Gasteiger partial charge in [0.1, 0.15) is 0 Å². The summed E-state index contributed by atoms with van der Waals surface area (Å²) >= 11 is 0. The van der Waals surface area contributed by atoms with Crippen LogP contribution < -0.4 is 0 Å². The maximum Gasteiger partial charge on any atom is 0.0707 e. The molecule has 25 heavy (non-hydrogen) atoms. The molecule has 2 aromatic carbocycles. The number of hydrogen-bond donors (Lipinski definition) is 0. The van der Waals surface area contributed by atoms with Gasteiger partial charge in [-0.25, -0.2) is 0 Å². The lowest BCUT2D eigenvalue weighted by atomic mass is 9.87. The SMILES string of the molecule is Cc1ccccc1-c1ccc(C)c(-c2cc(CC(C)(C)C)ccn2)c1. The fourth-order valence-corrected chi connectivity index (χ4v) is 3.31. The van der Waals surface area contributed by atoms with Gasteiger partial charge in [0.25, 0.3) is 0 Å². The van der Waals surface area contributed by atoms with Crippen LogP contribution in [0.2, 0.25) is 0 Å². The molecule has 0 aliphatic carbocycles. The summed E-state index contributed by atoms with van der Waals surface area (Å²) in [5, 5.41) is 0. The first-order valence-corrected chi connectivity index (χ1v) is 8.95. The van der Waals surface area contributed by atoms with E-state index < -0.39 is 0 Å². The summed E-state index contributed by atoms with van der Waals surface area (Å²) in [5.74, 6) is 0. The van der Waals surface area contributed by atoms with Crippen LogP contribution in [-0.2, 0) is 6.42 Å². The molecule has 128 valence electrons. The maximum absolute atomic E-state index is 4.66. The third-order valence-corrected chi connectivity index (χ3v) is 4.53. The van der Waals surface area contributed by atoms with Gasteiger partial charge >= 0.3 is 0 Å². The first-order valence-electron chi connectivity index (χ1n) is 8.95. The van der Waals surface area contributed by atoms with E-state index in [1.165, 1.54) is 33.4 Å². The van der Waals surface area contributed by atoms with Gasteiger partial charge in [0.05, 0.1) is 5.69 Å². The Morgan fingerprint density at radius 3 is 2.24 bits per heavy atom. The second kappa shape index (κ2) is 6.84. The summed E-state index contributed by atoms with van der Waals surface area (Å²) in [7, 11) is 0. The van der Waals surface area contributed by atoms with Crippen molar-refractivity contribution in [1.29, 1.82) is 0 Å². The molecule has 0 aliphatic heterocycles. The van der Waals surface area contributed by atoms with E-state index in [0.717, 1.165) is 12.1 Å². The first-order chi connectivity index (χ1) is 11.8. The standard InChI is InChI=1S/C24H27N/c1-17-8-6-7-9-21(17)20-11-10-18(2)22(15-20)23-14-19(12-13-25-23)16-24(3,4)5/h6-15H,16H2,1-5H3. The lowest BCUT2D eigenvalue weighted by Gasteiger charge is -2.18. The lowest BCUT2D eigenvalue weighted by Crippen LogP contribution is -2.09. The largest absolute Gasteiger partial charge is 0.256 e. The second-order valence-corrected chi connectivity index (χ2v) is 8.13. The molecule has 0 bridgehead atoms. The zero-order valence-corrected chi connectivity index (χ0v) is 15.9. The molecular weight excluding hydrogens is 302 g/mol. The summed E-state index contributed by atoms with van der Waals surface area (Å²) in [6.45, 7) is 11.2. The molecule has 0 saturated carbocycles. The Bertz CT molecular complexity index is 885. The van der Waals surface area contributed by atoms with Gasteiger partial charge in [0.15, 0.2) is 0 Å². The third-order valence-electron chi connectivity index (χ3n) is 4.53. The molecule has 0 saturated heterocycles. The van der Waals surface area contributed by atoms with E-state index >= 15 is 0 Å². The molecule has 0 unspecified atom stereocenters. The van der Waals surface area contributed by atoms with Crippen LogP contribution in [0.5, 0.6) is 0 Å². The minimum atomic E-state index is 0.274. The predicted molar refractivity (Wildman–Crippen MR) is 108 cm³/mol. The van der Waals surface area contributed by atoms with Crippen molar-refractivity contribution in [3.8, 4) is 22.4 Å². The minimum absolute atomic E-state index is 0.274. The number of aromatic nitrogens is 1. The highest BCUT2D eigenvalue weighted by Gasteiger charge is 2.13. The van der Waals surface area contributed by atoms with Crippen molar-refractivity contribution in [2.75, 3.05) is 0 Å². The van der Waals surface area contributed by atoms with Crippen molar-refractivity contribution < 1.29 is 0 Å².